The minimum Gasteiger partial charge on any atom is -0.365 e. The molecule has 1 heterocycles. The van der Waals surface area contributed by atoms with Crippen molar-refractivity contribution < 1.29 is 17.9 Å². The van der Waals surface area contributed by atoms with Crippen molar-refractivity contribution in [1.29, 1.82) is 0 Å². The molecule has 1 aliphatic rings. The van der Waals surface area contributed by atoms with Crippen molar-refractivity contribution in [1.82, 2.24) is 4.31 Å². The van der Waals surface area contributed by atoms with Gasteiger partial charge in [0.25, 0.3) is 0 Å². The van der Waals surface area contributed by atoms with E-state index >= 15 is 0 Å². The molecule has 0 aliphatic carbocycles. The summed E-state index contributed by atoms with van der Waals surface area (Å²) in [5.41, 5.74) is 0.425. The first kappa shape index (κ1) is 16.1. The summed E-state index contributed by atoms with van der Waals surface area (Å²) in [5, 5.41) is 0. The van der Waals surface area contributed by atoms with Crippen molar-refractivity contribution in [2.24, 2.45) is 5.41 Å². The Morgan fingerprint density at radius 1 is 1.24 bits per heavy atom. The zero-order valence-electron chi connectivity index (χ0n) is 12.8. The van der Waals surface area contributed by atoms with Crippen LogP contribution in [0.2, 0.25) is 0 Å². The van der Waals surface area contributed by atoms with Gasteiger partial charge in [0.1, 0.15) is 12.0 Å². The summed E-state index contributed by atoms with van der Waals surface area (Å²) >= 11 is 0. The molecule has 0 saturated carbocycles. The molecule has 0 N–H and O–H groups in total. The molecule has 116 valence electrons. The van der Waals surface area contributed by atoms with E-state index in [1.54, 1.807) is 24.3 Å². The van der Waals surface area contributed by atoms with Gasteiger partial charge in [-0.15, -0.1) is 0 Å². The van der Waals surface area contributed by atoms with Gasteiger partial charge < -0.3 is 4.74 Å². The minimum atomic E-state index is -3.76. The number of Topliss-reactive ketones (excluding diaryl/α,β-unsaturated/α-hetero) is 1. The molecular weight excluding hydrogens is 290 g/mol. The molecule has 2 rings (SSSR count). The van der Waals surface area contributed by atoms with Gasteiger partial charge in [0.05, 0.1) is 11.4 Å². The second-order valence-electron chi connectivity index (χ2n) is 6.16. The number of piperidine rings is 1. The molecule has 0 spiro atoms. The van der Waals surface area contributed by atoms with Crippen molar-refractivity contribution in [3.05, 3.63) is 29.8 Å². The summed E-state index contributed by atoms with van der Waals surface area (Å²) in [7, 11) is -2.28. The van der Waals surface area contributed by atoms with E-state index < -0.39 is 21.7 Å². The van der Waals surface area contributed by atoms with E-state index in [9.17, 15) is 13.2 Å². The predicted molar refractivity (Wildman–Crippen MR) is 79.3 cm³/mol. The van der Waals surface area contributed by atoms with E-state index in [-0.39, 0.29) is 17.2 Å². The van der Waals surface area contributed by atoms with Gasteiger partial charge in [0, 0.05) is 18.9 Å². The van der Waals surface area contributed by atoms with Crippen LogP contribution in [-0.4, -0.2) is 38.4 Å². The molecule has 1 saturated heterocycles. The lowest BCUT2D eigenvalue weighted by Crippen LogP contribution is -2.56. The molecule has 0 radical (unpaired) electrons. The highest BCUT2D eigenvalue weighted by atomic mass is 32.2. The molecule has 1 aliphatic heterocycles. The second kappa shape index (κ2) is 5.51. The van der Waals surface area contributed by atoms with Gasteiger partial charge in [0.15, 0.2) is 0 Å². The van der Waals surface area contributed by atoms with Crippen LogP contribution in [0.1, 0.15) is 25.8 Å². The van der Waals surface area contributed by atoms with Crippen LogP contribution in [0.5, 0.6) is 0 Å². The Balaban J connectivity index is 2.46. The van der Waals surface area contributed by atoms with Crippen molar-refractivity contribution in [3.63, 3.8) is 0 Å². The number of hydrogen-bond donors (Lipinski definition) is 0. The van der Waals surface area contributed by atoms with Crippen LogP contribution in [0.3, 0.4) is 0 Å². The van der Waals surface area contributed by atoms with Crippen LogP contribution in [0.25, 0.3) is 0 Å². The summed E-state index contributed by atoms with van der Waals surface area (Å²) in [6.45, 7) is 5.44. The Hall–Kier alpha value is -1.24. The van der Waals surface area contributed by atoms with Gasteiger partial charge in [-0.25, -0.2) is 8.42 Å². The van der Waals surface area contributed by atoms with Crippen molar-refractivity contribution in [3.8, 4) is 0 Å². The zero-order chi connectivity index (χ0) is 15.8. The van der Waals surface area contributed by atoms with Gasteiger partial charge in [-0.3, -0.25) is 4.79 Å². The SMILES string of the molecule is COC1N(S(=O)(=O)c2ccc(C)cc2)CC(=O)CC1(C)C. The molecule has 6 heteroatoms. The number of nitrogens with zero attached hydrogens (tertiary/aromatic N) is 1. The van der Waals surface area contributed by atoms with Gasteiger partial charge in [-0.2, -0.15) is 4.31 Å². The lowest BCUT2D eigenvalue weighted by molar-refractivity contribution is -0.140. The number of carbonyl (C=O) groups excluding carboxylic acids is 1. The maximum Gasteiger partial charge on any atom is 0.245 e. The van der Waals surface area contributed by atoms with Gasteiger partial charge in [-0.05, 0) is 19.1 Å². The maximum absolute atomic E-state index is 12.8. The highest BCUT2D eigenvalue weighted by molar-refractivity contribution is 7.89. The first-order valence-corrected chi connectivity index (χ1v) is 8.25. The average Bonchev–Trinajstić information content (AvgIpc) is 2.37. The van der Waals surface area contributed by atoms with E-state index in [2.05, 4.69) is 0 Å². The Morgan fingerprint density at radius 3 is 2.33 bits per heavy atom. The molecular formula is C15H21NO4S. The smallest absolute Gasteiger partial charge is 0.245 e. The van der Waals surface area contributed by atoms with Gasteiger partial charge >= 0.3 is 0 Å². The first-order valence-electron chi connectivity index (χ1n) is 6.81. The fourth-order valence-corrected chi connectivity index (χ4v) is 4.48. The highest BCUT2D eigenvalue weighted by Gasteiger charge is 2.46. The number of rotatable bonds is 3. The molecule has 0 bridgehead atoms. The first-order chi connectivity index (χ1) is 9.68. The lowest BCUT2D eigenvalue weighted by Gasteiger charge is -2.43. The number of sulfonamides is 1. The molecule has 5 nitrogen and oxygen atoms in total. The zero-order valence-corrected chi connectivity index (χ0v) is 13.6. The standard InChI is InChI=1S/C15H21NO4S/c1-11-5-7-13(8-6-11)21(18,19)16-10-12(17)9-15(2,3)14(16)20-4/h5-8,14H,9-10H2,1-4H3. The number of hydrogen-bond acceptors (Lipinski definition) is 4. The molecule has 0 aromatic heterocycles. The largest absolute Gasteiger partial charge is 0.365 e. The maximum atomic E-state index is 12.8. The minimum absolute atomic E-state index is 0.0935. The van der Waals surface area contributed by atoms with E-state index in [1.807, 2.05) is 20.8 Å². The van der Waals surface area contributed by atoms with Crippen molar-refractivity contribution in [2.75, 3.05) is 13.7 Å². The Bertz CT molecular complexity index is 634. The molecule has 21 heavy (non-hydrogen) atoms. The topological polar surface area (TPSA) is 63.7 Å². The van der Waals surface area contributed by atoms with Crippen LogP contribution in [0, 0.1) is 12.3 Å². The van der Waals surface area contributed by atoms with Crippen LogP contribution in [0.15, 0.2) is 29.2 Å². The molecule has 1 atom stereocenters. The van der Waals surface area contributed by atoms with E-state index in [4.69, 9.17) is 4.74 Å². The third-order valence-electron chi connectivity index (χ3n) is 3.77. The van der Waals surface area contributed by atoms with Gasteiger partial charge in [-0.1, -0.05) is 31.5 Å². The third-order valence-corrected chi connectivity index (χ3v) is 5.57. The fraction of sp³-hybridized carbons (Fsp3) is 0.533. The molecule has 1 unspecified atom stereocenters. The van der Waals surface area contributed by atoms with Gasteiger partial charge in [0.2, 0.25) is 10.0 Å². The van der Waals surface area contributed by atoms with Crippen LogP contribution < -0.4 is 0 Å². The van der Waals surface area contributed by atoms with Crippen molar-refractivity contribution in [2.45, 2.75) is 38.3 Å². The highest BCUT2D eigenvalue weighted by Crippen LogP contribution is 2.37. The summed E-state index contributed by atoms with van der Waals surface area (Å²) in [6, 6.07) is 6.60. The quantitative estimate of drug-likeness (QED) is 0.856. The Kier molecular flexibility index (Phi) is 4.24. The van der Waals surface area contributed by atoms with E-state index in [0.29, 0.717) is 6.42 Å². The van der Waals surface area contributed by atoms with Crippen LogP contribution in [0.4, 0.5) is 0 Å². The second-order valence-corrected chi connectivity index (χ2v) is 8.05. The van der Waals surface area contributed by atoms with Crippen LogP contribution >= 0.6 is 0 Å². The Morgan fingerprint density at radius 2 is 1.81 bits per heavy atom. The molecule has 0 amide bonds. The molecule has 1 aromatic rings. The predicted octanol–water partition coefficient (Wildman–Crippen LogP) is 1.96. The summed E-state index contributed by atoms with van der Waals surface area (Å²) in [6.07, 6.45) is -0.340. The number of benzene rings is 1. The third kappa shape index (κ3) is 3.02. The van der Waals surface area contributed by atoms with Crippen LogP contribution in [-0.2, 0) is 19.6 Å². The Labute approximate surface area is 126 Å². The number of ketones is 1. The monoisotopic (exact) mass is 311 g/mol. The summed E-state index contributed by atoms with van der Waals surface area (Å²) in [5.74, 6) is -0.0935. The summed E-state index contributed by atoms with van der Waals surface area (Å²) in [4.78, 5) is 12.1. The number of carbonyl (C=O) groups is 1. The average molecular weight is 311 g/mol. The number of methoxy groups -OCH3 is 1. The fourth-order valence-electron chi connectivity index (χ4n) is 2.79. The number of ether oxygens (including phenoxy) is 1. The molecule has 1 fully saturated rings. The summed E-state index contributed by atoms with van der Waals surface area (Å²) < 4.78 is 32.2. The van der Waals surface area contributed by atoms with Crippen molar-refractivity contribution >= 4 is 15.8 Å². The normalized spacial score (nSPS) is 23.2. The lowest BCUT2D eigenvalue weighted by atomic mass is 9.82. The number of aryl methyl sites for hydroxylation is 1. The molecule has 1 aromatic carbocycles. The van der Waals surface area contributed by atoms with E-state index in [1.165, 1.54) is 11.4 Å². The van der Waals surface area contributed by atoms with E-state index in [0.717, 1.165) is 5.56 Å².